The highest BCUT2D eigenvalue weighted by molar-refractivity contribution is 6.35. The van der Waals surface area contributed by atoms with Crippen LogP contribution in [0.4, 0.5) is 0 Å². The fourth-order valence-electron chi connectivity index (χ4n) is 6.11. The summed E-state index contributed by atoms with van der Waals surface area (Å²) >= 11 is 12.3. The average molecular weight is 648 g/mol. The Kier molecular flexibility index (Phi) is 9.12. The number of benzene rings is 2. The molecule has 234 valence electrons. The number of imidazole rings is 2. The summed E-state index contributed by atoms with van der Waals surface area (Å²) in [6, 6.07) is 14.6. The van der Waals surface area contributed by atoms with Gasteiger partial charge in [-0.15, -0.1) is 0 Å². The molecule has 1 N–H and O–H groups in total. The fraction of sp³-hybridized carbons (Fsp3) is 0.353. The molecular formula is C34H36Cl2N6O3. The first-order chi connectivity index (χ1) is 21.7. The molecule has 0 aliphatic carbocycles. The van der Waals surface area contributed by atoms with Crippen molar-refractivity contribution in [3.8, 4) is 5.75 Å². The largest absolute Gasteiger partial charge is 0.486 e. The van der Waals surface area contributed by atoms with Crippen LogP contribution in [0.1, 0.15) is 59.8 Å². The van der Waals surface area contributed by atoms with Crippen LogP contribution < -0.4 is 4.74 Å². The van der Waals surface area contributed by atoms with Gasteiger partial charge >= 0.3 is 5.97 Å². The molecule has 3 aromatic heterocycles. The Bertz CT molecular complexity index is 1830. The number of carbonyl (C=O) groups is 1. The molecular weight excluding hydrogens is 611 g/mol. The number of aromatic nitrogens is 5. The number of aryl methyl sites for hydroxylation is 1. The van der Waals surface area contributed by atoms with Crippen LogP contribution in [-0.2, 0) is 32.7 Å². The van der Waals surface area contributed by atoms with Gasteiger partial charge in [0, 0.05) is 24.0 Å². The zero-order valence-electron chi connectivity index (χ0n) is 25.4. The predicted molar refractivity (Wildman–Crippen MR) is 175 cm³/mol. The van der Waals surface area contributed by atoms with Crippen molar-refractivity contribution in [2.75, 3.05) is 13.1 Å². The maximum Gasteiger partial charge on any atom is 0.335 e. The monoisotopic (exact) mass is 646 g/mol. The Balaban J connectivity index is 1.13. The molecule has 0 saturated carbocycles. The second-order valence-corrected chi connectivity index (χ2v) is 12.9. The number of hydrogen-bond acceptors (Lipinski definition) is 6. The minimum absolute atomic E-state index is 0.152. The number of piperidine rings is 1. The Morgan fingerprint density at radius 1 is 1.07 bits per heavy atom. The van der Waals surface area contributed by atoms with Crippen LogP contribution in [-0.4, -0.2) is 53.2 Å². The fourth-order valence-corrected chi connectivity index (χ4v) is 6.57. The molecule has 1 saturated heterocycles. The van der Waals surface area contributed by atoms with Gasteiger partial charge in [0.05, 0.1) is 52.4 Å². The van der Waals surface area contributed by atoms with E-state index in [0.717, 1.165) is 67.1 Å². The van der Waals surface area contributed by atoms with Crippen LogP contribution in [0.2, 0.25) is 10.0 Å². The van der Waals surface area contributed by atoms with E-state index in [4.69, 9.17) is 32.9 Å². The highest BCUT2D eigenvalue weighted by Crippen LogP contribution is 2.35. The number of ether oxygens (including phenoxy) is 1. The molecule has 0 unspecified atom stereocenters. The lowest BCUT2D eigenvalue weighted by Gasteiger charge is -2.39. The lowest BCUT2D eigenvalue weighted by molar-refractivity contribution is 0.0697. The molecule has 1 aliphatic rings. The topological polar surface area (TPSA) is 98.3 Å². The average Bonchev–Trinajstić information content (AvgIpc) is 3.61. The molecule has 0 spiro atoms. The van der Waals surface area contributed by atoms with E-state index in [1.807, 2.05) is 18.7 Å². The van der Waals surface area contributed by atoms with Gasteiger partial charge in [-0.05, 0) is 98.8 Å². The summed E-state index contributed by atoms with van der Waals surface area (Å²) in [5.41, 5.74) is 5.19. The molecule has 11 heteroatoms. The molecule has 0 bridgehead atoms. The third-order valence-electron chi connectivity index (χ3n) is 8.74. The number of carboxylic acids is 1. The Morgan fingerprint density at radius 3 is 2.64 bits per heavy atom. The zero-order valence-corrected chi connectivity index (χ0v) is 26.9. The number of carboxylic acid groups (broad SMARTS) is 1. The molecule has 5 aromatic rings. The van der Waals surface area contributed by atoms with E-state index in [2.05, 4.69) is 50.0 Å². The van der Waals surface area contributed by atoms with E-state index in [1.54, 1.807) is 36.4 Å². The second-order valence-electron chi connectivity index (χ2n) is 12.1. The molecule has 45 heavy (non-hydrogen) atoms. The van der Waals surface area contributed by atoms with Crippen LogP contribution in [0.25, 0.3) is 11.0 Å². The highest BCUT2D eigenvalue weighted by Gasteiger charge is 2.31. The van der Waals surface area contributed by atoms with E-state index in [-0.39, 0.29) is 11.0 Å². The molecule has 4 heterocycles. The summed E-state index contributed by atoms with van der Waals surface area (Å²) in [5.74, 6) is 0.568. The number of nitrogens with zero attached hydrogens (tertiary/aromatic N) is 6. The van der Waals surface area contributed by atoms with Crippen LogP contribution in [0.15, 0.2) is 67.3 Å². The van der Waals surface area contributed by atoms with E-state index in [1.165, 1.54) is 5.56 Å². The van der Waals surface area contributed by atoms with Crippen molar-refractivity contribution in [2.45, 2.75) is 59.4 Å². The number of rotatable bonds is 11. The van der Waals surface area contributed by atoms with Crippen LogP contribution in [0.3, 0.4) is 0 Å². The molecule has 2 aromatic carbocycles. The number of halogens is 2. The SMILES string of the molecule is CCn1cncc1Cn1c(CN2CCC(C)(Cc3ccnc(COc4ccc(Cl)cc4Cl)c3)CC2)nc2ccc(C(=O)O)cc21. The quantitative estimate of drug-likeness (QED) is 0.163. The minimum Gasteiger partial charge on any atom is -0.486 e. The first kappa shape index (κ1) is 31.1. The summed E-state index contributed by atoms with van der Waals surface area (Å²) in [6.07, 6.45) is 8.60. The number of pyridine rings is 1. The van der Waals surface area contributed by atoms with Crippen molar-refractivity contribution >= 4 is 40.2 Å². The van der Waals surface area contributed by atoms with Gasteiger partial charge in [-0.3, -0.25) is 9.88 Å². The molecule has 6 rings (SSSR count). The lowest BCUT2D eigenvalue weighted by Crippen LogP contribution is -2.39. The third kappa shape index (κ3) is 7.16. The van der Waals surface area contributed by atoms with Crippen LogP contribution in [0, 0.1) is 5.41 Å². The van der Waals surface area contributed by atoms with Crippen molar-refractivity contribution < 1.29 is 14.6 Å². The van der Waals surface area contributed by atoms with Gasteiger partial charge in [0.1, 0.15) is 18.2 Å². The van der Waals surface area contributed by atoms with E-state index in [0.29, 0.717) is 35.5 Å². The van der Waals surface area contributed by atoms with Crippen LogP contribution in [0.5, 0.6) is 5.75 Å². The van der Waals surface area contributed by atoms with Gasteiger partial charge in [-0.1, -0.05) is 30.1 Å². The molecule has 1 aliphatic heterocycles. The number of hydrogen-bond donors (Lipinski definition) is 1. The Morgan fingerprint density at radius 2 is 1.89 bits per heavy atom. The molecule has 0 radical (unpaired) electrons. The molecule has 1 fully saturated rings. The smallest absolute Gasteiger partial charge is 0.335 e. The second kappa shape index (κ2) is 13.2. The zero-order chi connectivity index (χ0) is 31.6. The van der Waals surface area contributed by atoms with E-state index >= 15 is 0 Å². The molecule has 9 nitrogen and oxygen atoms in total. The summed E-state index contributed by atoms with van der Waals surface area (Å²) in [5, 5.41) is 10.7. The third-order valence-corrected chi connectivity index (χ3v) is 9.27. The van der Waals surface area contributed by atoms with Crippen LogP contribution >= 0.6 is 23.2 Å². The minimum atomic E-state index is -0.945. The maximum absolute atomic E-state index is 11.8. The number of fused-ring (bicyclic) bond motifs is 1. The van der Waals surface area contributed by atoms with E-state index in [9.17, 15) is 9.90 Å². The Labute approximate surface area is 272 Å². The summed E-state index contributed by atoms with van der Waals surface area (Å²) in [7, 11) is 0. The molecule has 0 amide bonds. The highest BCUT2D eigenvalue weighted by atomic mass is 35.5. The van der Waals surface area contributed by atoms with Gasteiger partial charge in [0.15, 0.2) is 0 Å². The van der Waals surface area contributed by atoms with Crippen molar-refractivity contribution in [3.63, 3.8) is 0 Å². The van der Waals surface area contributed by atoms with Crippen molar-refractivity contribution in [1.29, 1.82) is 0 Å². The first-order valence-corrected chi connectivity index (χ1v) is 15.9. The molecule has 0 atom stereocenters. The standard InChI is InChI=1S/C34H36Cl2N6O3/c1-3-41-22-37-18-27(41)19-42-30-15-24(33(43)44)4-6-29(30)39-32(42)20-40-12-9-34(2,10-13-40)17-23-8-11-38-26(14-23)21-45-31-7-5-25(35)16-28(31)36/h4-8,11,14-16,18,22H,3,9-10,12-13,17,19-21H2,1-2H3,(H,43,44). The van der Waals surface area contributed by atoms with Crippen molar-refractivity contribution in [2.24, 2.45) is 5.41 Å². The summed E-state index contributed by atoms with van der Waals surface area (Å²) in [6.45, 7) is 8.75. The predicted octanol–water partition coefficient (Wildman–Crippen LogP) is 7.12. The maximum atomic E-state index is 11.8. The number of aromatic carboxylic acids is 1. The van der Waals surface area contributed by atoms with Crippen molar-refractivity contribution in [1.82, 2.24) is 29.0 Å². The summed E-state index contributed by atoms with van der Waals surface area (Å²) < 4.78 is 10.2. The summed E-state index contributed by atoms with van der Waals surface area (Å²) in [4.78, 5) is 28.0. The van der Waals surface area contributed by atoms with E-state index < -0.39 is 5.97 Å². The van der Waals surface area contributed by atoms with Gasteiger partial charge in [0.25, 0.3) is 0 Å². The van der Waals surface area contributed by atoms with Gasteiger partial charge in [0.2, 0.25) is 0 Å². The number of likely N-dealkylation sites (tertiary alicyclic amines) is 1. The normalized spacial score (nSPS) is 15.0. The van der Waals surface area contributed by atoms with Crippen molar-refractivity contribution in [3.05, 3.63) is 106 Å². The Hall–Kier alpha value is -3.92. The van der Waals surface area contributed by atoms with Gasteiger partial charge in [-0.25, -0.2) is 14.8 Å². The first-order valence-electron chi connectivity index (χ1n) is 15.2. The van der Waals surface area contributed by atoms with Gasteiger partial charge < -0.3 is 19.0 Å². The van der Waals surface area contributed by atoms with Gasteiger partial charge in [-0.2, -0.15) is 0 Å². The lowest BCUT2D eigenvalue weighted by atomic mass is 9.75.